The molecule has 1 aromatic heterocycles. The lowest BCUT2D eigenvalue weighted by molar-refractivity contribution is -0.144. The lowest BCUT2D eigenvalue weighted by atomic mass is 9.97. The Balaban J connectivity index is 0.988. The van der Waals surface area contributed by atoms with Crippen LogP contribution in [0.1, 0.15) is 56.2 Å². The highest BCUT2D eigenvalue weighted by Crippen LogP contribution is 2.24. The Morgan fingerprint density at radius 2 is 1.54 bits per heavy atom. The number of likely N-dealkylation sites (tertiary alicyclic amines) is 2. The van der Waals surface area contributed by atoms with Crippen LogP contribution in [0.5, 0.6) is 5.75 Å². The number of benzene rings is 2. The predicted octanol–water partition coefficient (Wildman–Crippen LogP) is 5.49. The molecular weight excluding hydrogens is 536 g/mol. The van der Waals surface area contributed by atoms with Crippen molar-refractivity contribution in [1.29, 1.82) is 0 Å². The van der Waals surface area contributed by atoms with Crippen LogP contribution in [-0.2, 0) is 22.5 Å². The van der Waals surface area contributed by atoms with Crippen molar-refractivity contribution in [2.75, 3.05) is 39.4 Å². The van der Waals surface area contributed by atoms with Crippen LogP contribution in [0.25, 0.3) is 0 Å². The summed E-state index contributed by atoms with van der Waals surface area (Å²) in [6.45, 7) is 5.46. The summed E-state index contributed by atoms with van der Waals surface area (Å²) in [5.41, 5.74) is 2.22. The Kier molecular flexibility index (Phi) is 10.2. The monoisotopic (exact) mass is 574 g/mol. The smallest absolute Gasteiger partial charge is 0.310 e. The van der Waals surface area contributed by atoms with Crippen molar-refractivity contribution in [2.45, 2.75) is 38.6 Å². The van der Waals surface area contributed by atoms with Crippen molar-refractivity contribution in [1.82, 2.24) is 9.80 Å². The van der Waals surface area contributed by atoms with E-state index in [1.165, 1.54) is 16.9 Å². The SMILES string of the molecule is O=Cc1ccc(C(=O)N2CCC(COc3cccc(CC(=O)OCC4CCN(Cc5ccccc5)CC4)c3)CC2)s1. The maximum Gasteiger partial charge on any atom is 0.310 e. The lowest BCUT2D eigenvalue weighted by Crippen LogP contribution is -2.39. The van der Waals surface area contributed by atoms with Gasteiger partial charge in [0.05, 0.1) is 29.4 Å². The molecule has 0 aliphatic carbocycles. The number of ether oxygens (including phenoxy) is 2. The maximum absolute atomic E-state index is 12.7. The van der Waals surface area contributed by atoms with Gasteiger partial charge in [-0.1, -0.05) is 42.5 Å². The predicted molar refractivity (Wildman–Crippen MR) is 159 cm³/mol. The number of amides is 1. The van der Waals surface area contributed by atoms with E-state index in [2.05, 4.69) is 29.2 Å². The number of nitrogens with zero attached hydrogens (tertiary/aromatic N) is 2. The van der Waals surface area contributed by atoms with Gasteiger partial charge in [0, 0.05) is 19.6 Å². The molecule has 2 fully saturated rings. The Morgan fingerprint density at radius 1 is 0.829 bits per heavy atom. The van der Waals surface area contributed by atoms with E-state index in [1.807, 2.05) is 35.2 Å². The van der Waals surface area contributed by atoms with Gasteiger partial charge >= 0.3 is 5.97 Å². The quantitative estimate of drug-likeness (QED) is 0.223. The number of esters is 1. The third kappa shape index (κ3) is 8.50. The van der Waals surface area contributed by atoms with Gasteiger partial charge in [-0.3, -0.25) is 19.3 Å². The number of carbonyl (C=O) groups is 3. The molecule has 7 nitrogen and oxygen atoms in total. The molecule has 2 aliphatic heterocycles. The van der Waals surface area contributed by atoms with Crippen LogP contribution in [0, 0.1) is 11.8 Å². The van der Waals surface area contributed by atoms with Gasteiger partial charge in [-0.05, 0) is 86.0 Å². The summed E-state index contributed by atoms with van der Waals surface area (Å²) in [6, 6.07) is 21.6. The zero-order valence-corrected chi connectivity index (χ0v) is 24.2. The van der Waals surface area contributed by atoms with Gasteiger partial charge in [-0.15, -0.1) is 11.3 Å². The fourth-order valence-corrected chi connectivity index (χ4v) is 6.32. The van der Waals surface area contributed by atoms with Crippen LogP contribution in [0.3, 0.4) is 0 Å². The zero-order valence-electron chi connectivity index (χ0n) is 23.4. The molecule has 0 saturated carbocycles. The molecule has 0 radical (unpaired) electrons. The first kappa shape index (κ1) is 29.0. The van der Waals surface area contributed by atoms with Gasteiger partial charge in [0.25, 0.3) is 5.91 Å². The molecule has 0 N–H and O–H groups in total. The van der Waals surface area contributed by atoms with E-state index < -0.39 is 0 Å². The van der Waals surface area contributed by atoms with E-state index in [0.29, 0.717) is 47.9 Å². The summed E-state index contributed by atoms with van der Waals surface area (Å²) in [5, 5.41) is 0. The molecule has 41 heavy (non-hydrogen) atoms. The number of hydrogen-bond donors (Lipinski definition) is 0. The van der Waals surface area contributed by atoms with E-state index >= 15 is 0 Å². The number of thiophene rings is 1. The molecule has 5 rings (SSSR count). The molecule has 2 aliphatic rings. The Hall–Kier alpha value is -3.49. The molecule has 2 saturated heterocycles. The Labute approximate surface area is 246 Å². The highest BCUT2D eigenvalue weighted by molar-refractivity contribution is 7.15. The number of piperidine rings is 2. The van der Waals surface area contributed by atoms with Gasteiger partial charge in [0.2, 0.25) is 0 Å². The Bertz CT molecular complexity index is 1290. The molecular formula is C33H38N2O5S. The first-order valence-corrected chi connectivity index (χ1v) is 15.4. The second-order valence-corrected chi connectivity index (χ2v) is 12.2. The molecule has 1 amide bonds. The summed E-state index contributed by atoms with van der Waals surface area (Å²) in [7, 11) is 0. The molecule has 0 spiro atoms. The average Bonchev–Trinajstić information content (AvgIpc) is 3.50. The molecule has 0 bridgehead atoms. The molecule has 0 unspecified atom stereocenters. The molecule has 216 valence electrons. The van der Waals surface area contributed by atoms with Gasteiger partial charge in [0.15, 0.2) is 6.29 Å². The second kappa shape index (κ2) is 14.4. The van der Waals surface area contributed by atoms with Gasteiger partial charge < -0.3 is 14.4 Å². The van der Waals surface area contributed by atoms with Crippen molar-refractivity contribution >= 4 is 29.5 Å². The van der Waals surface area contributed by atoms with Gasteiger partial charge in [0.1, 0.15) is 5.75 Å². The van der Waals surface area contributed by atoms with Crippen LogP contribution < -0.4 is 4.74 Å². The molecule has 2 aromatic carbocycles. The van der Waals surface area contributed by atoms with Crippen molar-refractivity contribution in [3.05, 3.63) is 87.6 Å². The molecule has 3 heterocycles. The van der Waals surface area contributed by atoms with Crippen molar-refractivity contribution < 1.29 is 23.9 Å². The summed E-state index contributed by atoms with van der Waals surface area (Å²) < 4.78 is 11.7. The summed E-state index contributed by atoms with van der Waals surface area (Å²) >= 11 is 1.24. The minimum absolute atomic E-state index is 0.00410. The van der Waals surface area contributed by atoms with Crippen molar-refractivity contribution in [3.8, 4) is 5.75 Å². The van der Waals surface area contributed by atoms with E-state index in [1.54, 1.807) is 12.1 Å². The number of carbonyl (C=O) groups excluding carboxylic acids is 3. The number of hydrogen-bond acceptors (Lipinski definition) is 7. The summed E-state index contributed by atoms with van der Waals surface area (Å²) in [4.78, 5) is 41.7. The van der Waals surface area contributed by atoms with Crippen LogP contribution in [0.2, 0.25) is 0 Å². The average molecular weight is 575 g/mol. The highest BCUT2D eigenvalue weighted by atomic mass is 32.1. The van der Waals surface area contributed by atoms with E-state index in [4.69, 9.17) is 9.47 Å². The maximum atomic E-state index is 12.7. The fourth-order valence-electron chi connectivity index (χ4n) is 5.53. The standard InChI is InChI=1S/C33H38N2O5S/c36-22-30-9-10-31(41-30)33(38)35-17-13-27(14-18-35)23-39-29-8-4-7-28(19-29)20-32(37)40-24-26-11-15-34(16-12-26)21-25-5-2-1-3-6-25/h1-10,19,22,26-27H,11-18,20-21,23-24H2. The van der Waals surface area contributed by atoms with Crippen molar-refractivity contribution in [2.24, 2.45) is 11.8 Å². The third-order valence-corrected chi connectivity index (χ3v) is 9.02. The van der Waals surface area contributed by atoms with E-state index in [-0.39, 0.29) is 18.3 Å². The Morgan fingerprint density at radius 3 is 2.27 bits per heavy atom. The lowest BCUT2D eigenvalue weighted by Gasteiger charge is -2.31. The van der Waals surface area contributed by atoms with Crippen LogP contribution in [0.15, 0.2) is 66.7 Å². The summed E-state index contributed by atoms with van der Waals surface area (Å²) in [6.07, 6.45) is 4.85. The zero-order chi connectivity index (χ0) is 28.4. The third-order valence-electron chi connectivity index (χ3n) is 8.02. The molecule has 8 heteroatoms. The van der Waals surface area contributed by atoms with Crippen LogP contribution >= 0.6 is 11.3 Å². The van der Waals surface area contributed by atoms with Crippen molar-refractivity contribution in [3.63, 3.8) is 0 Å². The molecule has 3 aromatic rings. The topological polar surface area (TPSA) is 76.1 Å². The summed E-state index contributed by atoms with van der Waals surface area (Å²) in [5.74, 6) is 1.33. The van der Waals surface area contributed by atoms with E-state index in [9.17, 15) is 14.4 Å². The first-order chi connectivity index (χ1) is 20.1. The van der Waals surface area contributed by atoms with Crippen LogP contribution in [-0.4, -0.2) is 67.4 Å². The van der Waals surface area contributed by atoms with Gasteiger partial charge in [-0.25, -0.2) is 0 Å². The number of aldehydes is 1. The molecule has 0 atom stereocenters. The number of rotatable bonds is 11. The first-order valence-electron chi connectivity index (χ1n) is 14.5. The van der Waals surface area contributed by atoms with E-state index in [0.717, 1.165) is 62.9 Å². The largest absolute Gasteiger partial charge is 0.493 e. The minimum atomic E-state index is -0.197. The van der Waals surface area contributed by atoms with Gasteiger partial charge in [-0.2, -0.15) is 0 Å². The highest BCUT2D eigenvalue weighted by Gasteiger charge is 2.25. The fraction of sp³-hybridized carbons (Fsp3) is 0.424. The normalized spacial score (nSPS) is 16.8. The van der Waals surface area contributed by atoms with Crippen LogP contribution in [0.4, 0.5) is 0 Å². The second-order valence-electron chi connectivity index (χ2n) is 11.1. The minimum Gasteiger partial charge on any atom is -0.493 e.